The molecule has 0 radical (unpaired) electrons. The molecule has 0 saturated carbocycles. The van der Waals surface area contributed by atoms with Crippen LogP contribution in [0, 0.1) is 17.2 Å². The fourth-order valence-corrected chi connectivity index (χ4v) is 2.77. The number of nitriles is 1. The van der Waals surface area contributed by atoms with Gasteiger partial charge in [0.2, 0.25) is 0 Å². The van der Waals surface area contributed by atoms with Gasteiger partial charge < -0.3 is 4.90 Å². The maximum Gasteiger partial charge on any atom is 0.0625 e. The van der Waals surface area contributed by atoms with E-state index in [1.54, 1.807) is 0 Å². The Labute approximate surface area is 117 Å². The molecule has 1 aliphatic heterocycles. The third-order valence-electron chi connectivity index (χ3n) is 4.00. The average Bonchev–Trinajstić information content (AvgIpc) is 2.39. The van der Waals surface area contributed by atoms with Crippen LogP contribution in [0.15, 0.2) is 24.3 Å². The fraction of sp³-hybridized carbons (Fsp3) is 0.588. The predicted octanol–water partition coefficient (Wildman–Crippen LogP) is 4.11. The topological polar surface area (TPSA) is 27.0 Å². The van der Waals surface area contributed by atoms with E-state index in [-0.39, 0.29) is 5.41 Å². The normalized spacial score (nSPS) is 20.1. The van der Waals surface area contributed by atoms with Crippen molar-refractivity contribution in [2.45, 2.75) is 45.4 Å². The van der Waals surface area contributed by atoms with Crippen molar-refractivity contribution in [3.63, 3.8) is 0 Å². The third-order valence-corrected chi connectivity index (χ3v) is 4.00. The SMILES string of the molecule is CC(C)(C)c1ccc(N2CCCC(CC#N)C2)cc1. The zero-order valence-corrected chi connectivity index (χ0v) is 12.3. The summed E-state index contributed by atoms with van der Waals surface area (Å²) in [5.74, 6) is 0.543. The Morgan fingerprint density at radius 1 is 1.26 bits per heavy atom. The van der Waals surface area contributed by atoms with Gasteiger partial charge in [-0.1, -0.05) is 32.9 Å². The molecule has 1 heterocycles. The summed E-state index contributed by atoms with van der Waals surface area (Å²) in [4.78, 5) is 2.43. The fourth-order valence-electron chi connectivity index (χ4n) is 2.77. The number of benzene rings is 1. The van der Waals surface area contributed by atoms with Gasteiger partial charge in [0.05, 0.1) is 6.07 Å². The molecule has 0 bridgehead atoms. The molecular formula is C17H24N2. The molecule has 2 nitrogen and oxygen atoms in total. The summed E-state index contributed by atoms with van der Waals surface area (Å²) >= 11 is 0. The van der Waals surface area contributed by atoms with Gasteiger partial charge in [-0.15, -0.1) is 0 Å². The number of hydrogen-bond acceptors (Lipinski definition) is 2. The number of piperidine rings is 1. The van der Waals surface area contributed by atoms with Crippen LogP contribution >= 0.6 is 0 Å². The molecule has 1 fully saturated rings. The van der Waals surface area contributed by atoms with Crippen LogP contribution in [0.2, 0.25) is 0 Å². The Morgan fingerprint density at radius 3 is 2.53 bits per heavy atom. The van der Waals surface area contributed by atoms with Gasteiger partial charge in [0, 0.05) is 25.2 Å². The highest BCUT2D eigenvalue weighted by Crippen LogP contribution is 2.28. The molecule has 0 N–H and O–H groups in total. The first kappa shape index (κ1) is 13.9. The van der Waals surface area contributed by atoms with Crippen LogP contribution in [0.5, 0.6) is 0 Å². The van der Waals surface area contributed by atoms with E-state index in [2.05, 4.69) is 56.0 Å². The molecule has 1 aliphatic rings. The Bertz CT molecular complexity index is 448. The van der Waals surface area contributed by atoms with E-state index in [1.807, 2.05) is 0 Å². The molecule has 1 atom stereocenters. The molecule has 1 saturated heterocycles. The number of hydrogen-bond donors (Lipinski definition) is 0. The molecule has 19 heavy (non-hydrogen) atoms. The summed E-state index contributed by atoms with van der Waals surface area (Å²) < 4.78 is 0. The molecule has 1 aromatic rings. The van der Waals surface area contributed by atoms with E-state index in [9.17, 15) is 0 Å². The summed E-state index contributed by atoms with van der Waals surface area (Å²) in [6.45, 7) is 8.88. The van der Waals surface area contributed by atoms with E-state index < -0.39 is 0 Å². The van der Waals surface area contributed by atoms with E-state index in [4.69, 9.17) is 5.26 Å². The average molecular weight is 256 g/mol. The minimum atomic E-state index is 0.212. The zero-order chi connectivity index (χ0) is 13.9. The van der Waals surface area contributed by atoms with Crippen molar-refractivity contribution in [1.29, 1.82) is 5.26 Å². The van der Waals surface area contributed by atoms with Crippen molar-refractivity contribution < 1.29 is 0 Å². The van der Waals surface area contributed by atoms with Crippen LogP contribution in [0.3, 0.4) is 0 Å². The molecule has 1 aromatic carbocycles. The maximum absolute atomic E-state index is 8.83. The zero-order valence-electron chi connectivity index (χ0n) is 12.3. The van der Waals surface area contributed by atoms with Gasteiger partial charge in [0.25, 0.3) is 0 Å². The van der Waals surface area contributed by atoms with Crippen LogP contribution < -0.4 is 4.90 Å². The van der Waals surface area contributed by atoms with E-state index in [0.29, 0.717) is 12.3 Å². The van der Waals surface area contributed by atoms with Crippen molar-refractivity contribution in [1.82, 2.24) is 0 Å². The second kappa shape index (κ2) is 5.65. The summed E-state index contributed by atoms with van der Waals surface area (Å²) in [6.07, 6.45) is 3.09. The first-order valence-electron chi connectivity index (χ1n) is 7.23. The largest absolute Gasteiger partial charge is 0.371 e. The Hall–Kier alpha value is -1.49. The minimum Gasteiger partial charge on any atom is -0.371 e. The molecule has 0 aromatic heterocycles. The van der Waals surface area contributed by atoms with Crippen molar-refractivity contribution in [2.75, 3.05) is 18.0 Å². The summed E-state index contributed by atoms with van der Waals surface area (Å²) in [5.41, 5.74) is 2.89. The predicted molar refractivity (Wildman–Crippen MR) is 80.3 cm³/mol. The van der Waals surface area contributed by atoms with Gasteiger partial charge in [-0.2, -0.15) is 5.26 Å². The molecule has 0 amide bonds. The van der Waals surface area contributed by atoms with Crippen LogP contribution in [-0.2, 0) is 5.41 Å². The Balaban J connectivity index is 2.08. The summed E-state index contributed by atoms with van der Waals surface area (Å²) in [7, 11) is 0. The molecule has 0 spiro atoms. The second-order valence-corrected chi connectivity index (χ2v) is 6.61. The van der Waals surface area contributed by atoms with Gasteiger partial charge in [-0.05, 0) is 41.9 Å². The minimum absolute atomic E-state index is 0.212. The second-order valence-electron chi connectivity index (χ2n) is 6.61. The molecule has 0 aliphatic carbocycles. The van der Waals surface area contributed by atoms with Gasteiger partial charge >= 0.3 is 0 Å². The van der Waals surface area contributed by atoms with Crippen molar-refractivity contribution in [3.8, 4) is 6.07 Å². The highest BCUT2D eigenvalue weighted by molar-refractivity contribution is 5.49. The van der Waals surface area contributed by atoms with E-state index >= 15 is 0 Å². The van der Waals surface area contributed by atoms with Crippen molar-refractivity contribution >= 4 is 5.69 Å². The molecule has 2 rings (SSSR count). The van der Waals surface area contributed by atoms with Crippen LogP contribution in [-0.4, -0.2) is 13.1 Å². The van der Waals surface area contributed by atoms with Gasteiger partial charge in [0.15, 0.2) is 0 Å². The van der Waals surface area contributed by atoms with Gasteiger partial charge in [-0.3, -0.25) is 0 Å². The van der Waals surface area contributed by atoms with Crippen LogP contribution in [0.4, 0.5) is 5.69 Å². The highest BCUT2D eigenvalue weighted by atomic mass is 15.1. The van der Waals surface area contributed by atoms with E-state index in [0.717, 1.165) is 13.1 Å². The maximum atomic E-state index is 8.83. The van der Waals surface area contributed by atoms with Gasteiger partial charge in [0.1, 0.15) is 0 Å². The van der Waals surface area contributed by atoms with Crippen LogP contribution in [0.25, 0.3) is 0 Å². The van der Waals surface area contributed by atoms with Crippen LogP contribution in [0.1, 0.15) is 45.6 Å². The quantitative estimate of drug-likeness (QED) is 0.796. The smallest absolute Gasteiger partial charge is 0.0625 e. The third kappa shape index (κ3) is 3.50. The van der Waals surface area contributed by atoms with Crippen molar-refractivity contribution in [3.05, 3.63) is 29.8 Å². The number of anilines is 1. The molecule has 1 unspecified atom stereocenters. The first-order valence-corrected chi connectivity index (χ1v) is 7.23. The van der Waals surface area contributed by atoms with E-state index in [1.165, 1.54) is 24.1 Å². The Kier molecular flexibility index (Phi) is 4.14. The molecular weight excluding hydrogens is 232 g/mol. The summed E-state index contributed by atoms with van der Waals surface area (Å²) in [5, 5.41) is 8.83. The van der Waals surface area contributed by atoms with Gasteiger partial charge in [-0.25, -0.2) is 0 Å². The number of rotatable bonds is 2. The lowest BCUT2D eigenvalue weighted by molar-refractivity contribution is 0.422. The first-order chi connectivity index (χ1) is 9.00. The standard InChI is InChI=1S/C17H24N2/c1-17(2,3)15-6-8-16(9-7-15)19-12-4-5-14(13-19)10-11-18/h6-9,14H,4-5,10,12-13H2,1-3H3. The lowest BCUT2D eigenvalue weighted by Gasteiger charge is -2.34. The van der Waals surface area contributed by atoms with Crippen molar-refractivity contribution in [2.24, 2.45) is 5.92 Å². The molecule has 2 heteroatoms. The monoisotopic (exact) mass is 256 g/mol. The number of nitrogens with zero attached hydrogens (tertiary/aromatic N) is 2. The highest BCUT2D eigenvalue weighted by Gasteiger charge is 2.20. The lowest BCUT2D eigenvalue weighted by atomic mass is 9.87. The lowest BCUT2D eigenvalue weighted by Crippen LogP contribution is -2.35. The summed E-state index contributed by atoms with van der Waals surface area (Å²) in [6, 6.07) is 11.3. The Morgan fingerprint density at radius 2 is 1.95 bits per heavy atom. The molecule has 102 valence electrons.